The van der Waals surface area contributed by atoms with Gasteiger partial charge in [-0.15, -0.1) is 0 Å². The van der Waals surface area contributed by atoms with Gasteiger partial charge in [-0.25, -0.2) is 0 Å². The number of carbonyl (C=O) groups is 2. The van der Waals surface area contributed by atoms with E-state index in [2.05, 4.69) is 11.8 Å². The Morgan fingerprint density at radius 2 is 1.55 bits per heavy atom. The van der Waals surface area contributed by atoms with Crippen LogP contribution < -0.4 is 16.4 Å². The molecule has 2 aliphatic rings. The number of carbonyl (C=O) groups excluding carboxylic acids is 2. The van der Waals surface area contributed by atoms with Gasteiger partial charge in [-0.2, -0.15) is 0 Å². The van der Waals surface area contributed by atoms with Crippen LogP contribution in [0.15, 0.2) is 84.9 Å². The zero-order valence-corrected chi connectivity index (χ0v) is 22.9. The molecule has 40 heavy (non-hydrogen) atoms. The highest BCUT2D eigenvalue weighted by molar-refractivity contribution is 6.17. The highest BCUT2D eigenvalue weighted by atomic mass is 16.1. The molecule has 1 fully saturated rings. The molecule has 4 N–H and O–H groups in total. The zero-order chi connectivity index (χ0) is 27.8. The van der Waals surface area contributed by atoms with Gasteiger partial charge in [0.05, 0.1) is 17.8 Å². The fourth-order valence-electron chi connectivity index (χ4n) is 6.43. The number of unbranched alkanes of at least 4 members (excludes halogenated alkanes) is 2. The molecular formula is C35H35N3O2. The molecule has 1 heterocycles. The van der Waals surface area contributed by atoms with Crippen molar-refractivity contribution in [1.29, 1.82) is 0 Å². The molecule has 5 nitrogen and oxygen atoms in total. The predicted octanol–water partition coefficient (Wildman–Crippen LogP) is 6.41. The van der Waals surface area contributed by atoms with Crippen LogP contribution in [0.4, 0.5) is 5.69 Å². The van der Waals surface area contributed by atoms with Gasteiger partial charge in [0.2, 0.25) is 5.91 Å². The van der Waals surface area contributed by atoms with Crippen molar-refractivity contribution in [2.45, 2.75) is 51.1 Å². The maximum atomic E-state index is 14.7. The van der Waals surface area contributed by atoms with E-state index in [0.717, 1.165) is 83.3 Å². The molecule has 2 unspecified atom stereocenters. The zero-order valence-electron chi connectivity index (χ0n) is 22.9. The molecular weight excluding hydrogens is 494 g/mol. The molecule has 1 amide bonds. The lowest BCUT2D eigenvalue weighted by atomic mass is 9.83. The molecule has 0 radical (unpaired) electrons. The van der Waals surface area contributed by atoms with Crippen molar-refractivity contribution >= 4 is 17.4 Å². The van der Waals surface area contributed by atoms with E-state index in [1.807, 2.05) is 84.9 Å². The van der Waals surface area contributed by atoms with Crippen LogP contribution in [0.5, 0.6) is 0 Å². The summed E-state index contributed by atoms with van der Waals surface area (Å²) in [6, 6.07) is 27.8. The number of primary amides is 1. The molecule has 2 atom stereocenters. The van der Waals surface area contributed by atoms with Crippen LogP contribution in [0, 0.1) is 0 Å². The van der Waals surface area contributed by atoms with E-state index in [9.17, 15) is 9.59 Å². The predicted molar refractivity (Wildman–Crippen MR) is 161 cm³/mol. The van der Waals surface area contributed by atoms with Gasteiger partial charge < -0.3 is 16.4 Å². The number of hydrogen-bond acceptors (Lipinski definition) is 4. The molecule has 0 bridgehead atoms. The summed E-state index contributed by atoms with van der Waals surface area (Å²) in [6.07, 6.45) is 4.54. The van der Waals surface area contributed by atoms with Crippen molar-refractivity contribution in [2.75, 3.05) is 11.4 Å². The van der Waals surface area contributed by atoms with E-state index in [4.69, 9.17) is 11.5 Å². The summed E-state index contributed by atoms with van der Waals surface area (Å²) in [7, 11) is 0. The quantitative estimate of drug-likeness (QED) is 0.194. The first-order valence-corrected chi connectivity index (χ1v) is 14.3. The monoisotopic (exact) mass is 529 g/mol. The molecule has 1 saturated heterocycles. The molecule has 1 aliphatic heterocycles. The van der Waals surface area contributed by atoms with Crippen LogP contribution in [0.25, 0.3) is 22.3 Å². The van der Waals surface area contributed by atoms with Gasteiger partial charge in [-0.05, 0) is 64.3 Å². The van der Waals surface area contributed by atoms with E-state index in [0.29, 0.717) is 11.1 Å². The summed E-state index contributed by atoms with van der Waals surface area (Å²) in [5.74, 6) is -0.941. The maximum absolute atomic E-state index is 14.7. The number of rotatable bonds is 9. The Labute approximate surface area is 235 Å². The second-order valence-corrected chi connectivity index (χ2v) is 10.9. The number of benzene rings is 4. The van der Waals surface area contributed by atoms with Crippen molar-refractivity contribution in [2.24, 2.45) is 11.5 Å². The average Bonchev–Trinajstić information content (AvgIpc) is 3.31. The lowest BCUT2D eigenvalue weighted by Gasteiger charge is -2.43. The van der Waals surface area contributed by atoms with Crippen molar-refractivity contribution in [3.8, 4) is 22.3 Å². The normalized spacial score (nSPS) is 17.2. The fourth-order valence-corrected chi connectivity index (χ4v) is 6.43. The number of nitrogens with zero attached hydrogens (tertiary/aromatic N) is 1. The lowest BCUT2D eigenvalue weighted by Crippen LogP contribution is -2.54. The molecule has 4 aromatic carbocycles. The minimum atomic E-state index is -0.542. The first-order chi connectivity index (χ1) is 19.5. The minimum absolute atomic E-state index is 0.0342. The topological polar surface area (TPSA) is 89.4 Å². The van der Waals surface area contributed by atoms with E-state index in [1.54, 1.807) is 0 Å². The van der Waals surface area contributed by atoms with Crippen LogP contribution >= 0.6 is 0 Å². The molecule has 1 aliphatic carbocycles. The van der Waals surface area contributed by atoms with Crippen LogP contribution in [-0.4, -0.2) is 24.4 Å². The Balaban J connectivity index is 1.62. The first kappa shape index (κ1) is 26.0. The highest BCUT2D eigenvalue weighted by Gasteiger charge is 2.40. The van der Waals surface area contributed by atoms with E-state index in [-0.39, 0.29) is 17.9 Å². The molecule has 0 aromatic heterocycles. The summed E-state index contributed by atoms with van der Waals surface area (Å²) in [5, 5.41) is 0. The first-order valence-electron chi connectivity index (χ1n) is 14.3. The number of amides is 1. The van der Waals surface area contributed by atoms with E-state index >= 15 is 0 Å². The van der Waals surface area contributed by atoms with Gasteiger partial charge in [0.15, 0.2) is 5.78 Å². The Bertz CT molecular complexity index is 1590. The lowest BCUT2D eigenvalue weighted by molar-refractivity contribution is -0.118. The molecule has 202 valence electrons. The average molecular weight is 530 g/mol. The minimum Gasteiger partial charge on any atom is -0.369 e. The Morgan fingerprint density at radius 3 is 2.23 bits per heavy atom. The third-order valence-corrected chi connectivity index (χ3v) is 8.46. The third kappa shape index (κ3) is 4.31. The standard InChI is InChI=1S/C35H35N3O2/c1-2-3-5-18-27-31-28(24-15-9-10-16-25(24)32(31)35(37)40)21-29(33(27)38-20-19-30(38)36)34(39)26-17-11-8-14-23(26)22-12-6-4-7-13-22/h4,6-17,21,30,32H,2-3,5,18-20,36H2,1H3,(H2,37,40). The summed E-state index contributed by atoms with van der Waals surface area (Å²) in [5.41, 5.74) is 21.5. The van der Waals surface area contributed by atoms with Crippen LogP contribution in [0.2, 0.25) is 0 Å². The summed E-state index contributed by atoms with van der Waals surface area (Å²) in [6.45, 7) is 2.95. The van der Waals surface area contributed by atoms with Gasteiger partial charge in [0.25, 0.3) is 0 Å². The molecule has 5 heteroatoms. The van der Waals surface area contributed by atoms with E-state index in [1.165, 1.54) is 0 Å². The molecule has 6 rings (SSSR count). The largest absolute Gasteiger partial charge is 0.369 e. The number of hydrogen-bond donors (Lipinski definition) is 2. The maximum Gasteiger partial charge on any atom is 0.229 e. The van der Waals surface area contributed by atoms with Gasteiger partial charge in [0, 0.05) is 17.7 Å². The summed E-state index contributed by atoms with van der Waals surface area (Å²) < 4.78 is 0. The molecule has 0 spiro atoms. The Morgan fingerprint density at radius 1 is 0.850 bits per heavy atom. The van der Waals surface area contributed by atoms with Crippen LogP contribution in [0.3, 0.4) is 0 Å². The van der Waals surface area contributed by atoms with Gasteiger partial charge >= 0.3 is 0 Å². The Kier molecular flexibility index (Phi) is 6.99. The van der Waals surface area contributed by atoms with Crippen LogP contribution in [-0.2, 0) is 11.2 Å². The van der Waals surface area contributed by atoms with Crippen LogP contribution in [0.1, 0.15) is 71.1 Å². The van der Waals surface area contributed by atoms with Gasteiger partial charge in [-0.3, -0.25) is 9.59 Å². The molecule has 4 aromatic rings. The van der Waals surface area contributed by atoms with Crippen molar-refractivity contribution in [3.05, 3.63) is 113 Å². The fraction of sp³-hybridized carbons (Fsp3) is 0.257. The van der Waals surface area contributed by atoms with Crippen molar-refractivity contribution in [3.63, 3.8) is 0 Å². The third-order valence-electron chi connectivity index (χ3n) is 8.46. The van der Waals surface area contributed by atoms with Crippen molar-refractivity contribution in [1.82, 2.24) is 0 Å². The smallest absolute Gasteiger partial charge is 0.229 e. The van der Waals surface area contributed by atoms with Gasteiger partial charge in [0.1, 0.15) is 0 Å². The SMILES string of the molecule is CCCCCc1c2c(cc(C(=O)c3ccccc3-c3ccccc3)c1N1CCC1N)-c1ccccc1C2C(N)=O. The second-order valence-electron chi connectivity index (χ2n) is 10.9. The number of anilines is 1. The van der Waals surface area contributed by atoms with Gasteiger partial charge in [-0.1, -0.05) is 98.6 Å². The second kappa shape index (κ2) is 10.7. The summed E-state index contributed by atoms with van der Waals surface area (Å²) >= 11 is 0. The number of nitrogens with two attached hydrogens (primary N) is 2. The highest BCUT2D eigenvalue weighted by Crippen LogP contribution is 2.51. The number of fused-ring (bicyclic) bond motifs is 3. The van der Waals surface area contributed by atoms with Crippen molar-refractivity contribution < 1.29 is 9.59 Å². The van der Waals surface area contributed by atoms with E-state index < -0.39 is 5.92 Å². The summed E-state index contributed by atoms with van der Waals surface area (Å²) in [4.78, 5) is 29.8. The Hall–Kier alpha value is -4.22. The molecule has 0 saturated carbocycles. The number of ketones is 1.